The third kappa shape index (κ3) is 4.96. The molecule has 0 radical (unpaired) electrons. The Morgan fingerprint density at radius 2 is 1.81 bits per heavy atom. The van der Waals surface area contributed by atoms with Gasteiger partial charge in [0.15, 0.2) is 0 Å². The van der Waals surface area contributed by atoms with Gasteiger partial charge in [-0.1, -0.05) is 0 Å². The zero-order valence-corrected chi connectivity index (χ0v) is 14.5. The highest BCUT2D eigenvalue weighted by atomic mass is 19.1. The number of anilines is 2. The smallest absolute Gasteiger partial charge is 0.313 e. The number of rotatable bonds is 4. The number of piperidine rings is 1. The van der Waals surface area contributed by atoms with Crippen LogP contribution < -0.4 is 15.5 Å². The summed E-state index contributed by atoms with van der Waals surface area (Å²) in [6, 6.07) is 4.46. The van der Waals surface area contributed by atoms with Gasteiger partial charge in [-0.05, 0) is 37.0 Å². The van der Waals surface area contributed by atoms with Gasteiger partial charge in [-0.25, -0.2) is 18.7 Å². The van der Waals surface area contributed by atoms with Crippen molar-refractivity contribution < 1.29 is 18.4 Å². The van der Waals surface area contributed by atoms with Crippen molar-refractivity contribution in [3.8, 4) is 0 Å². The van der Waals surface area contributed by atoms with E-state index >= 15 is 0 Å². The first kappa shape index (κ1) is 18.7. The lowest BCUT2D eigenvalue weighted by Gasteiger charge is -2.31. The highest BCUT2D eigenvalue weighted by molar-refractivity contribution is 6.39. The maximum Gasteiger partial charge on any atom is 0.313 e. The van der Waals surface area contributed by atoms with Crippen molar-refractivity contribution in [2.24, 2.45) is 5.92 Å². The second-order valence-corrected chi connectivity index (χ2v) is 6.27. The summed E-state index contributed by atoms with van der Waals surface area (Å²) >= 11 is 0. The normalized spacial score (nSPS) is 14.7. The quantitative estimate of drug-likeness (QED) is 0.795. The van der Waals surface area contributed by atoms with Crippen LogP contribution in [-0.4, -0.2) is 41.4 Å². The van der Waals surface area contributed by atoms with Gasteiger partial charge in [0, 0.05) is 38.1 Å². The standard InChI is InChI=1S/C18H19F2N5O2/c19-13-2-3-15(14(20)10-13)24-17(27)16(26)23-11-12-4-8-25(9-5-12)18-21-6-1-7-22-18/h1-3,6-7,10,12H,4-5,8-9,11H2,(H,23,26)(H,24,27). The highest BCUT2D eigenvalue weighted by Crippen LogP contribution is 2.19. The molecule has 2 amide bonds. The molecule has 3 rings (SSSR count). The van der Waals surface area contributed by atoms with E-state index in [-0.39, 0.29) is 11.6 Å². The number of benzene rings is 1. The molecule has 1 fully saturated rings. The van der Waals surface area contributed by atoms with E-state index in [0.29, 0.717) is 18.6 Å². The van der Waals surface area contributed by atoms with Crippen molar-refractivity contribution in [1.82, 2.24) is 15.3 Å². The van der Waals surface area contributed by atoms with Crippen LogP contribution in [0.25, 0.3) is 0 Å². The van der Waals surface area contributed by atoms with Crippen LogP contribution in [-0.2, 0) is 9.59 Å². The van der Waals surface area contributed by atoms with E-state index in [9.17, 15) is 18.4 Å². The molecule has 0 spiro atoms. The predicted octanol–water partition coefficient (Wildman–Crippen LogP) is 1.73. The first-order chi connectivity index (χ1) is 13.0. The summed E-state index contributed by atoms with van der Waals surface area (Å²) in [4.78, 5) is 34.3. The maximum absolute atomic E-state index is 13.5. The second kappa shape index (κ2) is 8.52. The fourth-order valence-electron chi connectivity index (χ4n) is 2.88. The van der Waals surface area contributed by atoms with Crippen molar-refractivity contribution in [3.63, 3.8) is 0 Å². The molecule has 2 heterocycles. The van der Waals surface area contributed by atoms with Crippen molar-refractivity contribution >= 4 is 23.5 Å². The van der Waals surface area contributed by atoms with Crippen molar-refractivity contribution in [3.05, 3.63) is 48.3 Å². The monoisotopic (exact) mass is 375 g/mol. The molecule has 0 atom stereocenters. The molecule has 2 N–H and O–H groups in total. The van der Waals surface area contributed by atoms with Gasteiger partial charge >= 0.3 is 11.8 Å². The number of nitrogens with zero attached hydrogens (tertiary/aromatic N) is 3. The van der Waals surface area contributed by atoms with Crippen LogP contribution in [0.2, 0.25) is 0 Å². The molecule has 2 aromatic rings. The van der Waals surface area contributed by atoms with Crippen LogP contribution >= 0.6 is 0 Å². The summed E-state index contributed by atoms with van der Waals surface area (Å²) in [5.74, 6) is -2.64. The van der Waals surface area contributed by atoms with Crippen LogP contribution in [0.15, 0.2) is 36.7 Å². The maximum atomic E-state index is 13.5. The molecule has 1 aliphatic rings. The molecular weight excluding hydrogens is 356 g/mol. The van der Waals surface area contributed by atoms with Gasteiger partial charge in [-0.3, -0.25) is 9.59 Å². The minimum Gasteiger partial charge on any atom is -0.348 e. The molecule has 0 unspecified atom stereocenters. The van der Waals surface area contributed by atoms with E-state index in [0.717, 1.165) is 38.1 Å². The van der Waals surface area contributed by atoms with Crippen LogP contribution in [0, 0.1) is 17.6 Å². The van der Waals surface area contributed by atoms with Gasteiger partial charge in [0.05, 0.1) is 5.69 Å². The van der Waals surface area contributed by atoms with Crippen LogP contribution in [0.1, 0.15) is 12.8 Å². The Labute approximate surface area is 154 Å². The first-order valence-electron chi connectivity index (χ1n) is 8.59. The van der Waals surface area contributed by atoms with Gasteiger partial charge in [0.1, 0.15) is 11.6 Å². The van der Waals surface area contributed by atoms with Crippen LogP contribution in [0.3, 0.4) is 0 Å². The third-order valence-electron chi connectivity index (χ3n) is 4.39. The van der Waals surface area contributed by atoms with E-state index in [1.54, 1.807) is 18.5 Å². The topological polar surface area (TPSA) is 87.2 Å². The van der Waals surface area contributed by atoms with Gasteiger partial charge in [0.2, 0.25) is 5.95 Å². The lowest BCUT2D eigenvalue weighted by atomic mass is 9.97. The molecule has 7 nitrogen and oxygen atoms in total. The largest absolute Gasteiger partial charge is 0.348 e. The van der Waals surface area contributed by atoms with Gasteiger partial charge in [-0.15, -0.1) is 0 Å². The van der Waals surface area contributed by atoms with Gasteiger partial charge in [0.25, 0.3) is 0 Å². The average molecular weight is 375 g/mol. The lowest BCUT2D eigenvalue weighted by Crippen LogP contribution is -2.42. The molecule has 1 aromatic carbocycles. The number of halogens is 2. The number of aromatic nitrogens is 2. The van der Waals surface area contributed by atoms with E-state index in [2.05, 4.69) is 25.5 Å². The lowest BCUT2D eigenvalue weighted by molar-refractivity contribution is -0.136. The number of carbonyl (C=O) groups excluding carboxylic acids is 2. The molecule has 0 bridgehead atoms. The number of carbonyl (C=O) groups is 2. The first-order valence-corrected chi connectivity index (χ1v) is 8.59. The third-order valence-corrected chi connectivity index (χ3v) is 4.39. The number of nitrogens with one attached hydrogen (secondary N) is 2. The summed E-state index contributed by atoms with van der Waals surface area (Å²) in [6.07, 6.45) is 5.04. The minimum absolute atomic E-state index is 0.226. The van der Waals surface area contributed by atoms with Crippen LogP contribution in [0.5, 0.6) is 0 Å². The summed E-state index contributed by atoms with van der Waals surface area (Å²) in [7, 11) is 0. The highest BCUT2D eigenvalue weighted by Gasteiger charge is 2.23. The van der Waals surface area contributed by atoms with Crippen molar-refractivity contribution in [1.29, 1.82) is 0 Å². The summed E-state index contributed by atoms with van der Waals surface area (Å²) in [5, 5.41) is 4.70. The molecule has 0 aliphatic carbocycles. The number of amides is 2. The molecule has 27 heavy (non-hydrogen) atoms. The molecule has 1 aromatic heterocycles. The molecule has 1 aliphatic heterocycles. The van der Waals surface area contributed by atoms with Gasteiger partial charge < -0.3 is 15.5 Å². The Bertz CT molecular complexity index is 811. The van der Waals surface area contributed by atoms with Crippen molar-refractivity contribution in [2.45, 2.75) is 12.8 Å². The Morgan fingerprint density at radius 3 is 2.48 bits per heavy atom. The Kier molecular flexibility index (Phi) is 5.90. The fourth-order valence-corrected chi connectivity index (χ4v) is 2.88. The fraction of sp³-hybridized carbons (Fsp3) is 0.333. The van der Waals surface area contributed by atoms with E-state index in [1.807, 2.05) is 0 Å². The minimum atomic E-state index is -0.990. The zero-order valence-electron chi connectivity index (χ0n) is 14.5. The Balaban J connectivity index is 1.43. The average Bonchev–Trinajstić information content (AvgIpc) is 2.69. The number of hydrogen-bond acceptors (Lipinski definition) is 5. The summed E-state index contributed by atoms with van der Waals surface area (Å²) in [5.41, 5.74) is -0.243. The molecule has 0 saturated carbocycles. The van der Waals surface area contributed by atoms with E-state index < -0.39 is 23.4 Å². The Morgan fingerprint density at radius 1 is 1.11 bits per heavy atom. The second-order valence-electron chi connectivity index (χ2n) is 6.27. The molecule has 1 saturated heterocycles. The van der Waals surface area contributed by atoms with Crippen LogP contribution in [0.4, 0.5) is 20.4 Å². The predicted molar refractivity (Wildman–Crippen MR) is 95.0 cm³/mol. The molecular formula is C18H19F2N5O2. The van der Waals surface area contributed by atoms with Crippen molar-refractivity contribution in [2.75, 3.05) is 29.9 Å². The molecule has 9 heteroatoms. The Hall–Kier alpha value is -3.10. The molecule has 142 valence electrons. The summed E-state index contributed by atoms with van der Waals surface area (Å²) in [6.45, 7) is 1.87. The SMILES string of the molecule is O=C(NCC1CCN(c2ncccn2)CC1)C(=O)Nc1ccc(F)cc1F. The van der Waals surface area contributed by atoms with E-state index in [1.165, 1.54) is 0 Å². The van der Waals surface area contributed by atoms with E-state index in [4.69, 9.17) is 0 Å². The van der Waals surface area contributed by atoms with Gasteiger partial charge in [-0.2, -0.15) is 0 Å². The summed E-state index contributed by atoms with van der Waals surface area (Å²) < 4.78 is 26.4. The zero-order chi connectivity index (χ0) is 19.2. The number of hydrogen-bond donors (Lipinski definition) is 2.